The minimum atomic E-state index is -0.131. The Hall–Kier alpha value is -0.520. The van der Waals surface area contributed by atoms with Crippen molar-refractivity contribution in [3.8, 4) is 0 Å². The third kappa shape index (κ3) is 4.23. The molecule has 0 atom stereocenters. The standard InChI is InChI=1S/C12H14Cl3N3O/c13-8-5-9(14)12(10(15)6-8)17-11(19)7-18-3-1-16-2-4-18/h5-6,16H,1-4,7H2,(H,17,19). The molecule has 1 aliphatic heterocycles. The highest BCUT2D eigenvalue weighted by Gasteiger charge is 2.16. The van der Waals surface area contributed by atoms with E-state index in [0.717, 1.165) is 26.2 Å². The van der Waals surface area contributed by atoms with Crippen molar-refractivity contribution in [2.24, 2.45) is 0 Å². The number of amides is 1. The van der Waals surface area contributed by atoms with Gasteiger partial charge in [0, 0.05) is 31.2 Å². The molecule has 19 heavy (non-hydrogen) atoms. The van der Waals surface area contributed by atoms with Gasteiger partial charge >= 0.3 is 0 Å². The van der Waals surface area contributed by atoms with E-state index in [-0.39, 0.29) is 5.91 Å². The van der Waals surface area contributed by atoms with Crippen LogP contribution in [0.1, 0.15) is 0 Å². The SMILES string of the molecule is O=C(CN1CCNCC1)Nc1c(Cl)cc(Cl)cc1Cl. The summed E-state index contributed by atoms with van der Waals surface area (Å²) in [6, 6.07) is 3.10. The number of hydrogen-bond acceptors (Lipinski definition) is 3. The smallest absolute Gasteiger partial charge is 0.238 e. The van der Waals surface area contributed by atoms with Crippen molar-refractivity contribution in [1.29, 1.82) is 0 Å². The van der Waals surface area contributed by atoms with Gasteiger partial charge < -0.3 is 10.6 Å². The maximum atomic E-state index is 11.9. The number of nitrogens with zero attached hydrogens (tertiary/aromatic N) is 1. The molecular weight excluding hydrogens is 309 g/mol. The van der Waals surface area contributed by atoms with Crippen molar-refractivity contribution < 1.29 is 4.79 Å². The molecule has 104 valence electrons. The van der Waals surface area contributed by atoms with Gasteiger partial charge in [0.2, 0.25) is 5.91 Å². The highest BCUT2D eigenvalue weighted by molar-refractivity contribution is 6.42. The Kier molecular flexibility index (Phi) is 5.30. The lowest BCUT2D eigenvalue weighted by Gasteiger charge is -2.26. The lowest BCUT2D eigenvalue weighted by molar-refractivity contribution is -0.117. The van der Waals surface area contributed by atoms with Crippen LogP contribution in [0.5, 0.6) is 0 Å². The number of halogens is 3. The second-order valence-corrected chi connectivity index (χ2v) is 5.57. The number of nitrogens with one attached hydrogen (secondary N) is 2. The zero-order valence-corrected chi connectivity index (χ0v) is 12.4. The van der Waals surface area contributed by atoms with E-state index in [2.05, 4.69) is 15.5 Å². The van der Waals surface area contributed by atoms with Crippen molar-refractivity contribution in [1.82, 2.24) is 10.2 Å². The van der Waals surface area contributed by atoms with Crippen LogP contribution >= 0.6 is 34.8 Å². The normalized spacial score (nSPS) is 16.4. The van der Waals surface area contributed by atoms with Crippen molar-refractivity contribution in [2.45, 2.75) is 0 Å². The first-order valence-electron chi connectivity index (χ1n) is 5.94. The summed E-state index contributed by atoms with van der Waals surface area (Å²) < 4.78 is 0. The van der Waals surface area contributed by atoms with Crippen LogP contribution < -0.4 is 10.6 Å². The molecule has 7 heteroatoms. The van der Waals surface area contributed by atoms with E-state index in [9.17, 15) is 4.79 Å². The van der Waals surface area contributed by atoms with E-state index in [1.807, 2.05) is 0 Å². The van der Waals surface area contributed by atoms with Gasteiger partial charge in [-0.3, -0.25) is 9.69 Å². The lowest BCUT2D eigenvalue weighted by atomic mass is 10.3. The molecule has 0 spiro atoms. The van der Waals surface area contributed by atoms with Crippen LogP contribution in [0.3, 0.4) is 0 Å². The Bertz CT molecular complexity index is 452. The molecule has 1 amide bonds. The predicted octanol–water partition coefficient (Wildman–Crippen LogP) is 2.49. The zero-order valence-electron chi connectivity index (χ0n) is 10.2. The van der Waals surface area contributed by atoms with Crippen molar-refractivity contribution >= 4 is 46.4 Å². The summed E-state index contributed by atoms with van der Waals surface area (Å²) in [6.07, 6.45) is 0. The van der Waals surface area contributed by atoms with Gasteiger partial charge in [0.05, 0.1) is 22.3 Å². The molecule has 1 fully saturated rings. The van der Waals surface area contributed by atoms with Crippen LogP contribution in [0.25, 0.3) is 0 Å². The van der Waals surface area contributed by atoms with E-state index in [1.54, 1.807) is 12.1 Å². The van der Waals surface area contributed by atoms with E-state index >= 15 is 0 Å². The van der Waals surface area contributed by atoms with Crippen LogP contribution in [0.4, 0.5) is 5.69 Å². The van der Waals surface area contributed by atoms with Crippen LogP contribution in [0, 0.1) is 0 Å². The Morgan fingerprint density at radius 1 is 1.21 bits per heavy atom. The monoisotopic (exact) mass is 321 g/mol. The zero-order chi connectivity index (χ0) is 13.8. The first kappa shape index (κ1) is 14.9. The second kappa shape index (κ2) is 6.77. The van der Waals surface area contributed by atoms with E-state index in [0.29, 0.717) is 27.3 Å². The van der Waals surface area contributed by atoms with Gasteiger partial charge in [0.1, 0.15) is 0 Å². The number of benzene rings is 1. The maximum Gasteiger partial charge on any atom is 0.238 e. The van der Waals surface area contributed by atoms with Gasteiger partial charge in [-0.2, -0.15) is 0 Å². The third-order valence-corrected chi connectivity index (χ3v) is 3.66. The average Bonchev–Trinajstić information content (AvgIpc) is 2.35. The number of piperazine rings is 1. The summed E-state index contributed by atoms with van der Waals surface area (Å²) in [7, 11) is 0. The van der Waals surface area contributed by atoms with Crippen LogP contribution in [-0.2, 0) is 4.79 Å². The summed E-state index contributed by atoms with van der Waals surface area (Å²) >= 11 is 17.8. The first-order chi connectivity index (χ1) is 9.06. The molecule has 1 heterocycles. The van der Waals surface area contributed by atoms with Gasteiger partial charge in [0.25, 0.3) is 0 Å². The Morgan fingerprint density at radius 3 is 2.37 bits per heavy atom. The van der Waals surface area contributed by atoms with Crippen LogP contribution in [0.2, 0.25) is 15.1 Å². The number of anilines is 1. The molecule has 1 saturated heterocycles. The summed E-state index contributed by atoms with van der Waals surface area (Å²) in [4.78, 5) is 14.0. The molecule has 1 aromatic rings. The van der Waals surface area contributed by atoms with E-state index < -0.39 is 0 Å². The molecule has 0 aliphatic carbocycles. The van der Waals surface area contributed by atoms with Gasteiger partial charge in [-0.05, 0) is 12.1 Å². The quantitative estimate of drug-likeness (QED) is 0.898. The van der Waals surface area contributed by atoms with Crippen LogP contribution in [-0.4, -0.2) is 43.5 Å². The largest absolute Gasteiger partial charge is 0.322 e. The molecule has 0 saturated carbocycles. The topological polar surface area (TPSA) is 44.4 Å². The molecule has 0 unspecified atom stereocenters. The molecule has 2 N–H and O–H groups in total. The number of rotatable bonds is 3. The molecule has 2 rings (SSSR count). The summed E-state index contributed by atoms with van der Waals surface area (Å²) in [5.74, 6) is -0.131. The minimum Gasteiger partial charge on any atom is -0.322 e. The van der Waals surface area contributed by atoms with Crippen molar-refractivity contribution in [3.05, 3.63) is 27.2 Å². The second-order valence-electron chi connectivity index (χ2n) is 4.32. The molecule has 1 aliphatic rings. The molecule has 0 aromatic heterocycles. The molecule has 4 nitrogen and oxygen atoms in total. The van der Waals surface area contributed by atoms with Crippen LogP contribution in [0.15, 0.2) is 12.1 Å². The fourth-order valence-electron chi connectivity index (χ4n) is 1.91. The van der Waals surface area contributed by atoms with Crippen molar-refractivity contribution in [2.75, 3.05) is 38.0 Å². The highest BCUT2D eigenvalue weighted by Crippen LogP contribution is 2.33. The van der Waals surface area contributed by atoms with Gasteiger partial charge in [0.15, 0.2) is 0 Å². The molecule has 0 radical (unpaired) electrons. The Balaban J connectivity index is 1.98. The van der Waals surface area contributed by atoms with Gasteiger partial charge in [-0.15, -0.1) is 0 Å². The lowest BCUT2D eigenvalue weighted by Crippen LogP contribution is -2.46. The highest BCUT2D eigenvalue weighted by atomic mass is 35.5. The molecule has 0 bridgehead atoms. The van der Waals surface area contributed by atoms with Crippen molar-refractivity contribution in [3.63, 3.8) is 0 Å². The number of carbonyl (C=O) groups is 1. The summed E-state index contributed by atoms with van der Waals surface area (Å²) in [5.41, 5.74) is 0.410. The Morgan fingerprint density at radius 2 is 1.79 bits per heavy atom. The first-order valence-corrected chi connectivity index (χ1v) is 7.07. The number of hydrogen-bond donors (Lipinski definition) is 2. The average molecular weight is 323 g/mol. The maximum absolute atomic E-state index is 11.9. The fourth-order valence-corrected chi connectivity index (χ4v) is 2.82. The summed E-state index contributed by atoms with van der Waals surface area (Å²) in [5, 5.41) is 7.08. The minimum absolute atomic E-state index is 0.131. The predicted molar refractivity (Wildman–Crippen MR) is 79.4 cm³/mol. The van der Waals surface area contributed by atoms with E-state index in [4.69, 9.17) is 34.8 Å². The Labute approximate surface area is 127 Å². The summed E-state index contributed by atoms with van der Waals surface area (Å²) in [6.45, 7) is 3.84. The van der Waals surface area contributed by atoms with Gasteiger partial charge in [-0.1, -0.05) is 34.8 Å². The van der Waals surface area contributed by atoms with Gasteiger partial charge in [-0.25, -0.2) is 0 Å². The fraction of sp³-hybridized carbons (Fsp3) is 0.417. The molecule has 1 aromatic carbocycles. The molecular formula is C12H14Cl3N3O. The van der Waals surface area contributed by atoms with E-state index in [1.165, 1.54) is 0 Å². The third-order valence-electron chi connectivity index (χ3n) is 2.85. The number of carbonyl (C=O) groups excluding carboxylic acids is 1.